The summed E-state index contributed by atoms with van der Waals surface area (Å²) in [6.45, 7) is 2.75. The monoisotopic (exact) mass is 162 g/mol. The van der Waals surface area contributed by atoms with Crippen LogP contribution in [0.25, 0.3) is 0 Å². The van der Waals surface area contributed by atoms with Crippen molar-refractivity contribution in [2.45, 2.75) is 25.0 Å². The first-order valence-corrected chi connectivity index (χ1v) is 3.26. The van der Waals surface area contributed by atoms with E-state index in [2.05, 4.69) is 12.6 Å². The van der Waals surface area contributed by atoms with E-state index in [1.165, 1.54) is 13.8 Å². The average Bonchev–Trinajstić information content (AvgIpc) is 1.60. The normalized spacial score (nSPS) is 15.9. The van der Waals surface area contributed by atoms with Crippen LogP contribution in [-0.4, -0.2) is 21.6 Å². The molecule has 0 aliphatic heterocycles. The number of carboxylic acids is 1. The quantitative estimate of drug-likeness (QED) is 0.602. The summed E-state index contributed by atoms with van der Waals surface area (Å²) >= 11 is 3.80. The second kappa shape index (κ2) is 3.05. The molecule has 3 nitrogen and oxygen atoms in total. The van der Waals surface area contributed by atoms with Crippen molar-refractivity contribution in [3.05, 3.63) is 0 Å². The molecule has 1 unspecified atom stereocenters. The van der Waals surface area contributed by atoms with Gasteiger partial charge in [-0.25, -0.2) is 0 Å². The molecule has 4 heteroatoms. The zero-order chi connectivity index (χ0) is 8.36. The van der Waals surface area contributed by atoms with E-state index in [1.807, 2.05) is 0 Å². The van der Waals surface area contributed by atoms with Crippen LogP contribution in [-0.2, 0) is 9.59 Å². The molecule has 58 valence electrons. The van der Waals surface area contributed by atoms with E-state index in [4.69, 9.17) is 5.11 Å². The Kier molecular flexibility index (Phi) is 2.90. The summed E-state index contributed by atoms with van der Waals surface area (Å²) in [6.07, 6.45) is -0.0363. The molecule has 0 amide bonds. The molecular formula is C6H10O3S. The molecule has 0 rings (SSSR count). The summed E-state index contributed by atoms with van der Waals surface area (Å²) in [4.78, 5) is 20.8. The van der Waals surface area contributed by atoms with E-state index in [0.29, 0.717) is 0 Å². The van der Waals surface area contributed by atoms with Crippen LogP contribution in [0.5, 0.6) is 0 Å². The number of Topliss-reactive ketones (excluding diaryl/α,β-unsaturated/α-hetero) is 1. The minimum Gasteiger partial charge on any atom is -0.480 e. The predicted octanol–water partition coefficient (Wildman–Crippen LogP) is 0.739. The van der Waals surface area contributed by atoms with E-state index in [9.17, 15) is 9.59 Å². The van der Waals surface area contributed by atoms with Gasteiger partial charge in [0.25, 0.3) is 0 Å². The first-order chi connectivity index (χ1) is 4.36. The molecule has 0 radical (unpaired) electrons. The number of ketones is 1. The van der Waals surface area contributed by atoms with Gasteiger partial charge < -0.3 is 5.11 Å². The highest BCUT2D eigenvalue weighted by Crippen LogP contribution is 2.18. The van der Waals surface area contributed by atoms with Gasteiger partial charge in [-0.15, -0.1) is 0 Å². The predicted molar refractivity (Wildman–Crippen MR) is 40.3 cm³/mol. The minimum absolute atomic E-state index is 0.0363. The lowest BCUT2D eigenvalue weighted by Gasteiger charge is -2.14. The van der Waals surface area contributed by atoms with Crippen molar-refractivity contribution in [3.63, 3.8) is 0 Å². The molecule has 0 bridgehead atoms. The molecule has 0 aliphatic rings. The van der Waals surface area contributed by atoms with Crippen LogP contribution in [0.1, 0.15) is 20.3 Å². The Hall–Kier alpha value is -0.510. The van der Waals surface area contributed by atoms with Crippen LogP contribution < -0.4 is 0 Å². The van der Waals surface area contributed by atoms with Gasteiger partial charge in [0.1, 0.15) is 10.5 Å². The molecule has 0 fully saturated rings. The number of aliphatic carboxylic acids is 1. The zero-order valence-corrected chi connectivity index (χ0v) is 6.81. The second-order valence-electron chi connectivity index (χ2n) is 2.46. The summed E-state index contributed by atoms with van der Waals surface area (Å²) in [5, 5.41) is 8.46. The van der Waals surface area contributed by atoms with Crippen molar-refractivity contribution in [2.24, 2.45) is 0 Å². The number of carbonyl (C=O) groups excluding carboxylic acids is 1. The third-order valence-electron chi connectivity index (χ3n) is 1.05. The van der Waals surface area contributed by atoms with E-state index < -0.39 is 10.7 Å². The lowest BCUT2D eigenvalue weighted by molar-refractivity contribution is -0.140. The van der Waals surface area contributed by atoms with Crippen LogP contribution in [0, 0.1) is 0 Å². The highest BCUT2D eigenvalue weighted by Gasteiger charge is 2.29. The third kappa shape index (κ3) is 2.87. The molecule has 0 heterocycles. The number of carboxylic acid groups (broad SMARTS) is 1. The fraction of sp³-hybridized carbons (Fsp3) is 0.667. The summed E-state index contributed by atoms with van der Waals surface area (Å²) in [7, 11) is 0. The minimum atomic E-state index is -1.22. The van der Waals surface area contributed by atoms with Gasteiger partial charge in [-0.2, -0.15) is 12.6 Å². The van der Waals surface area contributed by atoms with Crippen molar-refractivity contribution < 1.29 is 14.7 Å². The summed E-state index contributed by atoms with van der Waals surface area (Å²) in [5.41, 5.74) is 0. The standard InChI is InChI=1S/C6H10O3S/c1-4(7)3-6(2,10)5(8)9/h10H,3H2,1-2H3,(H,8,9). The van der Waals surface area contributed by atoms with Crippen molar-refractivity contribution in [2.75, 3.05) is 0 Å². The van der Waals surface area contributed by atoms with Gasteiger partial charge in [-0.3, -0.25) is 9.59 Å². The Morgan fingerprint density at radius 2 is 2.00 bits per heavy atom. The molecular weight excluding hydrogens is 152 g/mol. The maximum absolute atomic E-state index is 10.5. The van der Waals surface area contributed by atoms with E-state index >= 15 is 0 Å². The van der Waals surface area contributed by atoms with Gasteiger partial charge in [0.05, 0.1) is 0 Å². The van der Waals surface area contributed by atoms with Gasteiger partial charge in [-0.1, -0.05) is 0 Å². The molecule has 1 N–H and O–H groups in total. The van der Waals surface area contributed by atoms with Crippen molar-refractivity contribution in [1.82, 2.24) is 0 Å². The molecule has 0 spiro atoms. The van der Waals surface area contributed by atoms with Crippen LogP contribution >= 0.6 is 12.6 Å². The Morgan fingerprint density at radius 3 is 2.10 bits per heavy atom. The van der Waals surface area contributed by atoms with Gasteiger partial charge in [0, 0.05) is 6.42 Å². The highest BCUT2D eigenvalue weighted by molar-refractivity contribution is 7.82. The van der Waals surface area contributed by atoms with Crippen LogP contribution in [0.3, 0.4) is 0 Å². The topological polar surface area (TPSA) is 54.4 Å². The van der Waals surface area contributed by atoms with Crippen molar-refractivity contribution in [1.29, 1.82) is 0 Å². The highest BCUT2D eigenvalue weighted by atomic mass is 32.1. The van der Waals surface area contributed by atoms with Gasteiger partial charge in [0.2, 0.25) is 0 Å². The lowest BCUT2D eigenvalue weighted by atomic mass is 10.1. The first-order valence-electron chi connectivity index (χ1n) is 2.81. The molecule has 0 aromatic rings. The summed E-state index contributed by atoms with van der Waals surface area (Å²) in [5.74, 6) is -1.23. The molecule has 0 aromatic carbocycles. The third-order valence-corrected chi connectivity index (χ3v) is 1.40. The smallest absolute Gasteiger partial charge is 0.319 e. The first kappa shape index (κ1) is 9.49. The molecule has 0 aliphatic carbocycles. The average molecular weight is 162 g/mol. The van der Waals surface area contributed by atoms with Gasteiger partial charge in [-0.05, 0) is 13.8 Å². The van der Waals surface area contributed by atoms with Gasteiger partial charge in [0.15, 0.2) is 0 Å². The van der Waals surface area contributed by atoms with Crippen molar-refractivity contribution >= 4 is 24.4 Å². The molecule has 0 saturated carbocycles. The zero-order valence-electron chi connectivity index (χ0n) is 5.92. The fourth-order valence-electron chi connectivity index (χ4n) is 0.560. The van der Waals surface area contributed by atoms with Crippen molar-refractivity contribution in [3.8, 4) is 0 Å². The van der Waals surface area contributed by atoms with E-state index in [1.54, 1.807) is 0 Å². The fourth-order valence-corrected chi connectivity index (χ4v) is 0.783. The lowest BCUT2D eigenvalue weighted by Crippen LogP contribution is -2.30. The SMILES string of the molecule is CC(=O)CC(C)(S)C(=O)O. The molecule has 0 aromatic heterocycles. The number of hydrogen-bond donors (Lipinski definition) is 2. The number of hydrogen-bond acceptors (Lipinski definition) is 3. The summed E-state index contributed by atoms with van der Waals surface area (Å²) in [6, 6.07) is 0. The molecule has 10 heavy (non-hydrogen) atoms. The number of carbonyl (C=O) groups is 2. The maximum atomic E-state index is 10.5. The summed E-state index contributed by atoms with van der Waals surface area (Å²) < 4.78 is -1.22. The van der Waals surface area contributed by atoms with Crippen LogP contribution in [0.15, 0.2) is 0 Å². The van der Waals surface area contributed by atoms with Crippen LogP contribution in [0.2, 0.25) is 0 Å². The number of thiol groups is 1. The maximum Gasteiger partial charge on any atom is 0.319 e. The van der Waals surface area contributed by atoms with E-state index in [-0.39, 0.29) is 12.2 Å². The molecule has 1 atom stereocenters. The second-order valence-corrected chi connectivity index (χ2v) is 3.44. The Morgan fingerprint density at radius 1 is 1.60 bits per heavy atom. The Labute approximate surface area is 64.8 Å². The van der Waals surface area contributed by atoms with Crippen LogP contribution in [0.4, 0.5) is 0 Å². The van der Waals surface area contributed by atoms with E-state index in [0.717, 1.165) is 0 Å². The Balaban J connectivity index is 4.13. The number of rotatable bonds is 3. The molecule has 0 saturated heterocycles. The Bertz CT molecular complexity index is 162. The van der Waals surface area contributed by atoms with Gasteiger partial charge >= 0.3 is 5.97 Å². The largest absolute Gasteiger partial charge is 0.480 e.